The molecular formula is C25H25N3O4. The summed E-state index contributed by atoms with van der Waals surface area (Å²) in [5.41, 5.74) is 13.0. The number of nitrogens with zero attached hydrogens (tertiary/aromatic N) is 1. The Morgan fingerprint density at radius 2 is 1.97 bits per heavy atom. The number of benzene rings is 1. The lowest BCUT2D eigenvalue weighted by Gasteiger charge is -2.17. The van der Waals surface area contributed by atoms with Crippen LogP contribution in [0.25, 0.3) is 22.5 Å². The Hall–Kier alpha value is -3.45. The fourth-order valence-electron chi connectivity index (χ4n) is 4.48. The Morgan fingerprint density at radius 1 is 1.22 bits per heavy atom. The number of carboxylic acids is 1. The number of H-pyrrole nitrogens is 1. The van der Waals surface area contributed by atoms with Crippen molar-refractivity contribution in [2.75, 3.05) is 6.61 Å². The fraction of sp³-hybridized carbons (Fsp3) is 0.320. The number of carbonyl (C=O) groups excluding carboxylic acids is 1. The molecule has 3 aromatic rings. The number of hydrogen-bond acceptors (Lipinski definition) is 5. The largest absolute Gasteiger partial charge is 0.478 e. The molecule has 0 bridgehead atoms. The van der Waals surface area contributed by atoms with E-state index in [9.17, 15) is 14.7 Å². The highest BCUT2D eigenvalue weighted by Gasteiger charge is 2.40. The first-order valence-corrected chi connectivity index (χ1v) is 10.9. The first-order chi connectivity index (χ1) is 15.4. The van der Waals surface area contributed by atoms with Crippen LogP contribution < -0.4 is 5.73 Å². The van der Waals surface area contributed by atoms with E-state index in [-0.39, 0.29) is 11.5 Å². The highest BCUT2D eigenvalue weighted by Crippen LogP contribution is 2.41. The van der Waals surface area contributed by atoms with Gasteiger partial charge in [0, 0.05) is 35.0 Å². The molecule has 1 saturated carbocycles. The van der Waals surface area contributed by atoms with Gasteiger partial charge >= 0.3 is 11.9 Å². The van der Waals surface area contributed by atoms with Crippen LogP contribution in [0, 0.1) is 0 Å². The molecule has 0 aliphatic heterocycles. The normalized spacial score (nSPS) is 15.6. The number of hydrogen-bond donors (Lipinski definition) is 3. The van der Waals surface area contributed by atoms with Crippen LogP contribution in [-0.4, -0.2) is 39.2 Å². The third kappa shape index (κ3) is 3.58. The van der Waals surface area contributed by atoms with Crippen molar-refractivity contribution >= 4 is 11.9 Å². The van der Waals surface area contributed by atoms with E-state index >= 15 is 0 Å². The summed E-state index contributed by atoms with van der Waals surface area (Å²) in [7, 11) is 0. The maximum atomic E-state index is 12.1. The van der Waals surface area contributed by atoms with Gasteiger partial charge in [0.2, 0.25) is 0 Å². The van der Waals surface area contributed by atoms with Crippen molar-refractivity contribution in [3.05, 3.63) is 64.5 Å². The minimum absolute atomic E-state index is 0.287. The van der Waals surface area contributed by atoms with Crippen LogP contribution >= 0.6 is 0 Å². The zero-order chi connectivity index (χ0) is 22.5. The number of esters is 1. The summed E-state index contributed by atoms with van der Waals surface area (Å²) < 4.78 is 5.04. The van der Waals surface area contributed by atoms with Crippen LogP contribution in [0.15, 0.2) is 36.5 Å². The molecule has 0 radical (unpaired) electrons. The number of nitrogens with two attached hydrogens (primary N) is 1. The maximum Gasteiger partial charge on any atom is 0.338 e. The van der Waals surface area contributed by atoms with Gasteiger partial charge in [-0.05, 0) is 61.9 Å². The topological polar surface area (TPSA) is 118 Å². The van der Waals surface area contributed by atoms with Crippen LogP contribution in [0.2, 0.25) is 0 Å². The molecule has 4 N–H and O–H groups in total. The summed E-state index contributed by atoms with van der Waals surface area (Å²) in [5, 5.41) is 9.91. The second-order valence-corrected chi connectivity index (χ2v) is 8.70. The molecule has 164 valence electrons. The zero-order valence-electron chi connectivity index (χ0n) is 17.9. The summed E-state index contributed by atoms with van der Waals surface area (Å²) in [4.78, 5) is 32.0. The van der Waals surface area contributed by atoms with Crippen LogP contribution in [-0.2, 0) is 24.0 Å². The summed E-state index contributed by atoms with van der Waals surface area (Å²) >= 11 is 0. The van der Waals surface area contributed by atoms with E-state index in [0.717, 1.165) is 52.9 Å². The van der Waals surface area contributed by atoms with Crippen molar-refractivity contribution in [2.45, 2.75) is 44.6 Å². The number of aryl methyl sites for hydroxylation is 1. The van der Waals surface area contributed by atoms with Gasteiger partial charge in [0.05, 0.1) is 29.1 Å². The molecule has 0 amide bonds. The minimum atomic E-state index is -0.908. The van der Waals surface area contributed by atoms with E-state index in [0.29, 0.717) is 36.3 Å². The number of fused-ring (bicyclic) bond motifs is 3. The molecular weight excluding hydrogens is 406 g/mol. The lowest BCUT2D eigenvalue weighted by molar-refractivity contribution is 0.0525. The number of carbonyl (C=O) groups is 2. The SMILES string of the molecule is CCOC(=O)c1ccc(-c2cc3c(cn2)CCc2c-3[nH]c(CC3(N)CC3)c2C(=O)O)cc1. The smallest absolute Gasteiger partial charge is 0.338 e. The van der Waals surface area contributed by atoms with Crippen molar-refractivity contribution < 1.29 is 19.4 Å². The molecule has 5 rings (SSSR count). The molecule has 32 heavy (non-hydrogen) atoms. The molecule has 2 aromatic heterocycles. The van der Waals surface area contributed by atoms with Gasteiger partial charge in [-0.2, -0.15) is 0 Å². The Morgan fingerprint density at radius 3 is 2.62 bits per heavy atom. The van der Waals surface area contributed by atoms with Crippen molar-refractivity contribution in [3.8, 4) is 22.5 Å². The number of nitrogens with one attached hydrogen (secondary N) is 1. The Bertz CT molecular complexity index is 1220. The summed E-state index contributed by atoms with van der Waals surface area (Å²) in [6.45, 7) is 2.11. The predicted octanol–water partition coefficient (Wildman–Crippen LogP) is 3.75. The quantitative estimate of drug-likeness (QED) is 0.512. The van der Waals surface area contributed by atoms with Gasteiger partial charge < -0.3 is 20.6 Å². The Kier molecular flexibility index (Phi) is 4.86. The lowest BCUT2D eigenvalue weighted by Crippen LogP contribution is -2.25. The van der Waals surface area contributed by atoms with E-state index in [1.165, 1.54) is 0 Å². The van der Waals surface area contributed by atoms with E-state index in [2.05, 4.69) is 9.97 Å². The highest BCUT2D eigenvalue weighted by molar-refractivity contribution is 5.95. The maximum absolute atomic E-state index is 12.1. The molecule has 0 saturated heterocycles. The van der Waals surface area contributed by atoms with Crippen molar-refractivity contribution in [2.24, 2.45) is 5.73 Å². The molecule has 7 nitrogen and oxygen atoms in total. The first-order valence-electron chi connectivity index (χ1n) is 10.9. The fourth-order valence-corrected chi connectivity index (χ4v) is 4.48. The zero-order valence-corrected chi connectivity index (χ0v) is 17.9. The second kappa shape index (κ2) is 7.60. The molecule has 2 aliphatic carbocycles. The minimum Gasteiger partial charge on any atom is -0.478 e. The van der Waals surface area contributed by atoms with Gasteiger partial charge in [0.25, 0.3) is 0 Å². The lowest BCUT2D eigenvalue weighted by atomic mass is 9.88. The molecule has 0 unspecified atom stereocenters. The van der Waals surface area contributed by atoms with E-state index in [4.69, 9.17) is 10.5 Å². The number of aromatic carboxylic acids is 1. The van der Waals surface area contributed by atoms with Gasteiger partial charge in [0.15, 0.2) is 0 Å². The Balaban J connectivity index is 1.53. The van der Waals surface area contributed by atoms with Crippen LogP contribution in [0.1, 0.15) is 57.3 Å². The van der Waals surface area contributed by atoms with Gasteiger partial charge in [-0.25, -0.2) is 9.59 Å². The Labute approximate surface area is 185 Å². The van der Waals surface area contributed by atoms with Crippen molar-refractivity contribution in [1.82, 2.24) is 9.97 Å². The third-order valence-electron chi connectivity index (χ3n) is 6.41. The number of pyridine rings is 1. The van der Waals surface area contributed by atoms with Crippen LogP contribution in [0.3, 0.4) is 0 Å². The van der Waals surface area contributed by atoms with Crippen molar-refractivity contribution in [3.63, 3.8) is 0 Å². The predicted molar refractivity (Wildman–Crippen MR) is 120 cm³/mol. The number of carboxylic acid groups (broad SMARTS) is 1. The van der Waals surface area contributed by atoms with Crippen LogP contribution in [0.5, 0.6) is 0 Å². The van der Waals surface area contributed by atoms with Gasteiger partial charge in [-0.15, -0.1) is 0 Å². The molecule has 2 heterocycles. The molecule has 2 aliphatic rings. The average molecular weight is 431 g/mol. The molecule has 0 atom stereocenters. The third-order valence-corrected chi connectivity index (χ3v) is 6.41. The standard InChI is InChI=1S/C25H25N3O4/c1-2-32-24(31)15-5-3-14(4-6-15)19-11-18-16(13-27-19)7-8-17-21(23(29)30)20(28-22(17)18)12-25(26)9-10-25/h3-6,11,13,28H,2,7-10,12,26H2,1H3,(H,29,30). The number of ether oxygens (including phenoxy) is 1. The highest BCUT2D eigenvalue weighted by atomic mass is 16.5. The van der Waals surface area contributed by atoms with Gasteiger partial charge in [-0.1, -0.05) is 12.1 Å². The van der Waals surface area contributed by atoms with Gasteiger partial charge in [0.1, 0.15) is 0 Å². The molecule has 1 fully saturated rings. The summed E-state index contributed by atoms with van der Waals surface area (Å²) in [6, 6.07) is 9.14. The summed E-state index contributed by atoms with van der Waals surface area (Å²) in [5.74, 6) is -1.26. The number of aromatic amines is 1. The van der Waals surface area contributed by atoms with E-state index in [1.54, 1.807) is 19.1 Å². The van der Waals surface area contributed by atoms with Crippen molar-refractivity contribution in [1.29, 1.82) is 0 Å². The first kappa shape index (κ1) is 20.5. The number of rotatable bonds is 6. The molecule has 1 aromatic carbocycles. The number of aromatic nitrogens is 2. The van der Waals surface area contributed by atoms with Gasteiger partial charge in [-0.3, -0.25) is 4.98 Å². The average Bonchev–Trinajstić information content (AvgIpc) is 3.38. The van der Waals surface area contributed by atoms with Crippen LogP contribution in [0.4, 0.5) is 0 Å². The van der Waals surface area contributed by atoms with E-state index in [1.807, 2.05) is 24.4 Å². The molecule has 0 spiro atoms. The second-order valence-electron chi connectivity index (χ2n) is 8.70. The molecule has 7 heteroatoms. The monoisotopic (exact) mass is 431 g/mol. The van der Waals surface area contributed by atoms with E-state index < -0.39 is 5.97 Å². The summed E-state index contributed by atoms with van der Waals surface area (Å²) in [6.07, 6.45) is 5.64.